The van der Waals surface area contributed by atoms with Crippen LogP contribution in [0.15, 0.2) is 12.1 Å². The van der Waals surface area contributed by atoms with Crippen LogP contribution in [0.5, 0.6) is 5.75 Å². The second-order valence-electron chi connectivity index (χ2n) is 4.67. The van der Waals surface area contributed by atoms with Gasteiger partial charge in [0.05, 0.1) is 23.9 Å². The molecule has 0 radical (unpaired) electrons. The van der Waals surface area contributed by atoms with Crippen molar-refractivity contribution < 1.29 is 13.9 Å². The Morgan fingerprint density at radius 1 is 1.55 bits per heavy atom. The zero-order chi connectivity index (χ0) is 15.3. The van der Waals surface area contributed by atoms with Gasteiger partial charge in [0.1, 0.15) is 0 Å². The lowest BCUT2D eigenvalue weighted by atomic mass is 10.1. The van der Waals surface area contributed by atoms with Crippen LogP contribution >= 0.6 is 0 Å². The molecule has 1 unspecified atom stereocenters. The summed E-state index contributed by atoms with van der Waals surface area (Å²) in [6.07, 6.45) is 0. The van der Waals surface area contributed by atoms with Gasteiger partial charge >= 0.3 is 0 Å². The fourth-order valence-corrected chi connectivity index (χ4v) is 1.99. The summed E-state index contributed by atoms with van der Waals surface area (Å²) in [6, 6.07) is 2.80. The zero-order valence-electron chi connectivity index (χ0n) is 12.4. The molecule has 0 aliphatic heterocycles. The number of ether oxygens (including phenoxy) is 1. The summed E-state index contributed by atoms with van der Waals surface area (Å²) in [5, 5.41) is 2.60. The molecule has 0 aromatic heterocycles. The minimum Gasteiger partial charge on any atom is -0.491 e. The highest BCUT2D eigenvalue weighted by Crippen LogP contribution is 2.30. The second-order valence-corrected chi connectivity index (χ2v) is 4.67. The summed E-state index contributed by atoms with van der Waals surface area (Å²) in [6.45, 7) is 4.45. The number of nitrogens with one attached hydrogen (secondary N) is 1. The molecular formula is C14H22FN3O2. The van der Waals surface area contributed by atoms with E-state index in [0.717, 1.165) is 0 Å². The number of halogens is 1. The third-order valence-corrected chi connectivity index (χ3v) is 3.03. The van der Waals surface area contributed by atoms with Gasteiger partial charge in [0, 0.05) is 32.8 Å². The van der Waals surface area contributed by atoms with Crippen LogP contribution in [0.4, 0.5) is 15.8 Å². The lowest BCUT2D eigenvalue weighted by molar-refractivity contribution is -0.123. The van der Waals surface area contributed by atoms with E-state index < -0.39 is 5.82 Å². The first-order valence-electron chi connectivity index (χ1n) is 6.55. The highest BCUT2D eigenvalue weighted by atomic mass is 19.1. The van der Waals surface area contributed by atoms with Gasteiger partial charge in [-0.15, -0.1) is 0 Å². The SMILES string of the molecule is CCOc1cc(N(C)CC(C)C(=O)NC)c(N)cc1F. The summed E-state index contributed by atoms with van der Waals surface area (Å²) in [5.74, 6) is -0.579. The molecule has 6 heteroatoms. The van der Waals surface area contributed by atoms with Crippen LogP contribution in [-0.4, -0.2) is 33.2 Å². The number of carbonyl (C=O) groups is 1. The third-order valence-electron chi connectivity index (χ3n) is 3.03. The summed E-state index contributed by atoms with van der Waals surface area (Å²) in [4.78, 5) is 13.4. The van der Waals surface area contributed by atoms with Crippen molar-refractivity contribution in [1.82, 2.24) is 5.32 Å². The Morgan fingerprint density at radius 2 is 2.20 bits per heavy atom. The van der Waals surface area contributed by atoms with Gasteiger partial charge < -0.3 is 20.7 Å². The van der Waals surface area contributed by atoms with E-state index in [2.05, 4.69) is 5.32 Å². The first kappa shape index (κ1) is 16.1. The second kappa shape index (κ2) is 6.98. The molecule has 0 bridgehead atoms. The summed E-state index contributed by atoms with van der Waals surface area (Å²) in [7, 11) is 3.40. The Hall–Kier alpha value is -1.98. The van der Waals surface area contributed by atoms with Crippen LogP contribution in [0.1, 0.15) is 13.8 Å². The minimum absolute atomic E-state index is 0.0532. The molecule has 20 heavy (non-hydrogen) atoms. The predicted molar refractivity (Wildman–Crippen MR) is 78.5 cm³/mol. The average molecular weight is 283 g/mol. The highest BCUT2D eigenvalue weighted by molar-refractivity contribution is 5.79. The van der Waals surface area contributed by atoms with Crippen LogP contribution in [0.25, 0.3) is 0 Å². The van der Waals surface area contributed by atoms with E-state index >= 15 is 0 Å². The topological polar surface area (TPSA) is 67.6 Å². The van der Waals surface area contributed by atoms with E-state index in [1.54, 1.807) is 27.1 Å². The number of rotatable bonds is 6. The molecule has 0 heterocycles. The van der Waals surface area contributed by atoms with Gasteiger partial charge in [-0.05, 0) is 6.92 Å². The fraction of sp³-hybridized carbons (Fsp3) is 0.500. The van der Waals surface area contributed by atoms with Crippen LogP contribution in [0.3, 0.4) is 0 Å². The molecule has 112 valence electrons. The van der Waals surface area contributed by atoms with Crippen LogP contribution in [0, 0.1) is 11.7 Å². The first-order chi connectivity index (χ1) is 9.40. The number of anilines is 2. The molecule has 5 nitrogen and oxygen atoms in total. The molecule has 0 saturated carbocycles. The Balaban J connectivity index is 2.94. The lowest BCUT2D eigenvalue weighted by Crippen LogP contribution is -2.34. The lowest BCUT2D eigenvalue weighted by Gasteiger charge is -2.24. The monoisotopic (exact) mass is 283 g/mol. The molecule has 1 atom stereocenters. The number of hydrogen-bond donors (Lipinski definition) is 2. The molecule has 0 fully saturated rings. The van der Waals surface area contributed by atoms with Gasteiger partial charge in [0.2, 0.25) is 5.91 Å². The van der Waals surface area contributed by atoms with E-state index in [0.29, 0.717) is 24.5 Å². The molecule has 1 rings (SSSR count). The third kappa shape index (κ3) is 3.76. The smallest absolute Gasteiger partial charge is 0.224 e. The Kier molecular flexibility index (Phi) is 5.61. The molecule has 1 aromatic rings. The first-order valence-corrected chi connectivity index (χ1v) is 6.55. The molecular weight excluding hydrogens is 261 g/mol. The maximum atomic E-state index is 13.6. The number of nitrogens with two attached hydrogens (primary N) is 1. The number of benzene rings is 1. The quantitative estimate of drug-likeness (QED) is 0.779. The average Bonchev–Trinajstić information content (AvgIpc) is 2.40. The van der Waals surface area contributed by atoms with Gasteiger partial charge in [0.25, 0.3) is 0 Å². The van der Waals surface area contributed by atoms with Gasteiger partial charge in [-0.25, -0.2) is 4.39 Å². The fourth-order valence-electron chi connectivity index (χ4n) is 1.99. The van der Waals surface area contributed by atoms with E-state index in [-0.39, 0.29) is 17.6 Å². The van der Waals surface area contributed by atoms with Crippen molar-refractivity contribution in [2.75, 3.05) is 37.9 Å². The Bertz CT molecular complexity index is 480. The largest absolute Gasteiger partial charge is 0.491 e. The molecule has 1 amide bonds. The van der Waals surface area contributed by atoms with E-state index in [9.17, 15) is 9.18 Å². The Labute approximate surface area is 118 Å². The maximum Gasteiger partial charge on any atom is 0.224 e. The van der Waals surface area contributed by atoms with E-state index in [4.69, 9.17) is 10.5 Å². The normalized spacial score (nSPS) is 11.8. The molecule has 0 saturated heterocycles. The summed E-state index contributed by atoms with van der Waals surface area (Å²) >= 11 is 0. The number of nitrogens with zero attached hydrogens (tertiary/aromatic N) is 1. The molecule has 0 aliphatic rings. The van der Waals surface area contributed by atoms with Crippen molar-refractivity contribution in [1.29, 1.82) is 0 Å². The van der Waals surface area contributed by atoms with Crippen molar-refractivity contribution in [3.8, 4) is 5.75 Å². The van der Waals surface area contributed by atoms with E-state index in [1.807, 2.05) is 11.8 Å². The predicted octanol–water partition coefficient (Wildman–Crippen LogP) is 1.62. The molecule has 0 aliphatic carbocycles. The number of amides is 1. The number of carbonyl (C=O) groups excluding carboxylic acids is 1. The van der Waals surface area contributed by atoms with Crippen molar-refractivity contribution in [2.45, 2.75) is 13.8 Å². The Morgan fingerprint density at radius 3 is 2.75 bits per heavy atom. The summed E-state index contributed by atoms with van der Waals surface area (Å²) in [5.41, 5.74) is 6.80. The number of nitrogen functional groups attached to an aromatic ring is 1. The van der Waals surface area contributed by atoms with Gasteiger partial charge in [-0.1, -0.05) is 6.92 Å². The van der Waals surface area contributed by atoms with Gasteiger partial charge in [-0.2, -0.15) is 0 Å². The standard InChI is InChI=1S/C14H22FN3O2/c1-5-20-13-7-12(11(16)6-10(13)15)18(4)8-9(2)14(19)17-3/h6-7,9H,5,8,16H2,1-4H3,(H,17,19). The minimum atomic E-state index is -0.485. The maximum absolute atomic E-state index is 13.6. The van der Waals surface area contributed by atoms with Gasteiger partial charge in [-0.3, -0.25) is 4.79 Å². The van der Waals surface area contributed by atoms with Crippen LogP contribution in [-0.2, 0) is 4.79 Å². The van der Waals surface area contributed by atoms with Gasteiger partial charge in [0.15, 0.2) is 11.6 Å². The van der Waals surface area contributed by atoms with Crippen molar-refractivity contribution >= 4 is 17.3 Å². The molecule has 1 aromatic carbocycles. The molecule has 0 spiro atoms. The van der Waals surface area contributed by atoms with E-state index in [1.165, 1.54) is 6.07 Å². The van der Waals surface area contributed by atoms with Crippen molar-refractivity contribution in [2.24, 2.45) is 5.92 Å². The zero-order valence-corrected chi connectivity index (χ0v) is 12.4. The summed E-state index contributed by atoms with van der Waals surface area (Å²) < 4.78 is 18.9. The molecule has 3 N–H and O–H groups in total. The highest BCUT2D eigenvalue weighted by Gasteiger charge is 2.17. The van der Waals surface area contributed by atoms with Crippen molar-refractivity contribution in [3.63, 3.8) is 0 Å². The van der Waals surface area contributed by atoms with Crippen LogP contribution < -0.4 is 20.7 Å². The van der Waals surface area contributed by atoms with Crippen LogP contribution in [0.2, 0.25) is 0 Å². The number of hydrogen-bond acceptors (Lipinski definition) is 4. The van der Waals surface area contributed by atoms with Crippen molar-refractivity contribution in [3.05, 3.63) is 17.9 Å².